The predicted octanol–water partition coefficient (Wildman–Crippen LogP) is 4.03. The van der Waals surface area contributed by atoms with Crippen molar-refractivity contribution in [1.29, 1.82) is 0 Å². The molecule has 0 aliphatic carbocycles. The van der Waals surface area contributed by atoms with Gasteiger partial charge < -0.3 is 15.4 Å². The van der Waals surface area contributed by atoms with Crippen LogP contribution in [-0.4, -0.2) is 60.2 Å². The lowest BCUT2D eigenvalue weighted by atomic mass is 10.1. The lowest BCUT2D eigenvalue weighted by Gasteiger charge is -2.26. The average Bonchev–Trinajstić information content (AvgIpc) is 3.31. The molecule has 2 aromatic heterocycles. The number of amides is 1. The topological polar surface area (TPSA) is 79.4 Å². The van der Waals surface area contributed by atoms with Gasteiger partial charge in [-0.25, -0.2) is 4.98 Å². The fourth-order valence-electron chi connectivity index (χ4n) is 3.98. The summed E-state index contributed by atoms with van der Waals surface area (Å²) in [7, 11) is 0. The number of hydrogen-bond acceptors (Lipinski definition) is 7. The van der Waals surface area contributed by atoms with Crippen LogP contribution in [0.2, 0.25) is 0 Å². The minimum absolute atomic E-state index is 0.0428. The molecule has 5 rings (SSSR count). The summed E-state index contributed by atoms with van der Waals surface area (Å²) in [5.74, 6) is -0.0428. The molecule has 1 saturated heterocycles. The molecule has 0 atom stereocenters. The van der Waals surface area contributed by atoms with Crippen LogP contribution in [0.15, 0.2) is 67.0 Å². The predicted molar refractivity (Wildman–Crippen MR) is 136 cm³/mol. The van der Waals surface area contributed by atoms with E-state index in [1.54, 1.807) is 23.7 Å². The third-order valence-corrected chi connectivity index (χ3v) is 6.83. The van der Waals surface area contributed by atoms with E-state index < -0.39 is 0 Å². The number of benzene rings is 2. The maximum atomic E-state index is 12.6. The molecule has 1 aliphatic rings. The SMILES string of the molecule is O=C(NCCN1CCOCC1)c1cccc(CNc2nc3ccc(-c4ccncc4)cc3s2)c1. The van der Waals surface area contributed by atoms with E-state index >= 15 is 0 Å². The number of morpholine rings is 1. The molecule has 8 heteroatoms. The molecule has 3 heterocycles. The number of pyridine rings is 1. The Labute approximate surface area is 202 Å². The summed E-state index contributed by atoms with van der Waals surface area (Å²) >= 11 is 1.63. The zero-order valence-corrected chi connectivity index (χ0v) is 19.7. The number of fused-ring (bicyclic) bond motifs is 1. The number of nitrogens with zero attached hydrogens (tertiary/aromatic N) is 3. The number of carbonyl (C=O) groups excluding carboxylic acids is 1. The van der Waals surface area contributed by atoms with Gasteiger partial charge in [0.25, 0.3) is 5.91 Å². The van der Waals surface area contributed by atoms with Crippen molar-refractivity contribution in [3.05, 3.63) is 78.1 Å². The van der Waals surface area contributed by atoms with Gasteiger partial charge in [-0.1, -0.05) is 29.5 Å². The molecule has 0 radical (unpaired) electrons. The van der Waals surface area contributed by atoms with Crippen LogP contribution in [0.25, 0.3) is 21.3 Å². The van der Waals surface area contributed by atoms with Gasteiger partial charge in [0, 0.05) is 50.7 Å². The maximum absolute atomic E-state index is 12.6. The molecular weight excluding hydrogens is 446 g/mol. The first-order chi connectivity index (χ1) is 16.7. The third-order valence-electron chi connectivity index (χ3n) is 5.85. The van der Waals surface area contributed by atoms with E-state index in [2.05, 4.69) is 38.7 Å². The maximum Gasteiger partial charge on any atom is 0.251 e. The molecule has 0 saturated carbocycles. The van der Waals surface area contributed by atoms with E-state index in [4.69, 9.17) is 9.72 Å². The highest BCUT2D eigenvalue weighted by molar-refractivity contribution is 7.22. The number of anilines is 1. The Kier molecular flexibility index (Phi) is 7.09. The number of hydrogen-bond donors (Lipinski definition) is 2. The van der Waals surface area contributed by atoms with Crippen molar-refractivity contribution in [3.63, 3.8) is 0 Å². The molecule has 4 aromatic rings. The molecule has 34 heavy (non-hydrogen) atoms. The monoisotopic (exact) mass is 473 g/mol. The first-order valence-corrected chi connectivity index (χ1v) is 12.3. The highest BCUT2D eigenvalue weighted by Gasteiger charge is 2.12. The quantitative estimate of drug-likeness (QED) is 0.402. The number of carbonyl (C=O) groups is 1. The van der Waals surface area contributed by atoms with Crippen molar-refractivity contribution >= 4 is 32.6 Å². The molecule has 0 spiro atoms. The minimum atomic E-state index is -0.0428. The van der Waals surface area contributed by atoms with E-state index in [1.165, 1.54) is 0 Å². The standard InChI is InChI=1S/C26H27N5O2S/c32-25(28-10-11-31-12-14-33-15-13-31)22-3-1-2-19(16-22)18-29-26-30-23-5-4-21(17-24(23)34-26)20-6-8-27-9-7-20/h1-9,16-17H,10-15,18H2,(H,28,32)(H,29,30). The second-order valence-electron chi connectivity index (χ2n) is 8.20. The molecule has 2 aromatic carbocycles. The summed E-state index contributed by atoms with van der Waals surface area (Å²) in [5.41, 5.74) is 4.97. The largest absolute Gasteiger partial charge is 0.379 e. The van der Waals surface area contributed by atoms with Gasteiger partial charge in [-0.3, -0.25) is 14.7 Å². The first kappa shape index (κ1) is 22.5. The van der Waals surface area contributed by atoms with Crippen molar-refractivity contribution in [2.24, 2.45) is 0 Å². The van der Waals surface area contributed by atoms with Gasteiger partial charge in [-0.05, 0) is 53.1 Å². The van der Waals surface area contributed by atoms with Gasteiger partial charge in [0.05, 0.1) is 23.4 Å². The summed E-state index contributed by atoms with van der Waals surface area (Å²) in [5, 5.41) is 7.30. The van der Waals surface area contributed by atoms with Crippen LogP contribution in [-0.2, 0) is 11.3 Å². The van der Waals surface area contributed by atoms with Gasteiger partial charge in [-0.2, -0.15) is 0 Å². The molecule has 0 bridgehead atoms. The molecule has 7 nitrogen and oxygen atoms in total. The molecule has 1 amide bonds. The van der Waals surface area contributed by atoms with Crippen molar-refractivity contribution in [1.82, 2.24) is 20.2 Å². The molecule has 2 N–H and O–H groups in total. The summed E-state index contributed by atoms with van der Waals surface area (Å²) in [6.45, 7) is 5.46. The normalized spacial score (nSPS) is 14.2. The lowest BCUT2D eigenvalue weighted by Crippen LogP contribution is -2.41. The summed E-state index contributed by atoms with van der Waals surface area (Å²) in [6.07, 6.45) is 3.61. The van der Waals surface area contributed by atoms with E-state index in [1.807, 2.05) is 36.4 Å². The fraction of sp³-hybridized carbons (Fsp3) is 0.269. The van der Waals surface area contributed by atoms with Crippen LogP contribution < -0.4 is 10.6 Å². The number of rotatable bonds is 8. The average molecular weight is 474 g/mol. The second-order valence-corrected chi connectivity index (χ2v) is 9.23. The van der Waals surface area contributed by atoms with Gasteiger partial charge in [-0.15, -0.1) is 0 Å². The third kappa shape index (κ3) is 5.59. The van der Waals surface area contributed by atoms with E-state index in [0.29, 0.717) is 18.7 Å². The van der Waals surface area contributed by atoms with Crippen LogP contribution in [0.5, 0.6) is 0 Å². The van der Waals surface area contributed by atoms with Crippen LogP contribution in [0, 0.1) is 0 Å². The molecular formula is C26H27N5O2S. The Balaban J connectivity index is 1.18. The Bertz CT molecular complexity index is 1250. The zero-order valence-electron chi connectivity index (χ0n) is 18.9. The van der Waals surface area contributed by atoms with E-state index in [-0.39, 0.29) is 5.91 Å². The van der Waals surface area contributed by atoms with E-state index in [0.717, 1.165) is 64.9 Å². The van der Waals surface area contributed by atoms with Crippen molar-refractivity contribution in [3.8, 4) is 11.1 Å². The van der Waals surface area contributed by atoms with Gasteiger partial charge >= 0.3 is 0 Å². The number of ether oxygens (including phenoxy) is 1. The Morgan fingerprint density at radius 1 is 1.03 bits per heavy atom. The van der Waals surface area contributed by atoms with Crippen molar-refractivity contribution < 1.29 is 9.53 Å². The lowest BCUT2D eigenvalue weighted by molar-refractivity contribution is 0.0383. The molecule has 0 unspecified atom stereocenters. The van der Waals surface area contributed by atoms with Gasteiger partial charge in [0.15, 0.2) is 5.13 Å². The minimum Gasteiger partial charge on any atom is -0.379 e. The highest BCUT2D eigenvalue weighted by Crippen LogP contribution is 2.30. The zero-order chi connectivity index (χ0) is 23.2. The van der Waals surface area contributed by atoms with Crippen LogP contribution in [0.4, 0.5) is 5.13 Å². The fourth-order valence-corrected chi connectivity index (χ4v) is 4.88. The van der Waals surface area contributed by atoms with Gasteiger partial charge in [0.1, 0.15) is 0 Å². The number of nitrogens with one attached hydrogen (secondary N) is 2. The Morgan fingerprint density at radius 3 is 2.74 bits per heavy atom. The first-order valence-electron chi connectivity index (χ1n) is 11.5. The smallest absolute Gasteiger partial charge is 0.251 e. The van der Waals surface area contributed by atoms with Crippen LogP contribution >= 0.6 is 11.3 Å². The van der Waals surface area contributed by atoms with E-state index in [9.17, 15) is 4.79 Å². The Hall–Kier alpha value is -3.33. The van der Waals surface area contributed by atoms with Gasteiger partial charge in [0.2, 0.25) is 0 Å². The van der Waals surface area contributed by atoms with Crippen molar-refractivity contribution in [2.45, 2.75) is 6.54 Å². The number of thiazole rings is 1. The highest BCUT2D eigenvalue weighted by atomic mass is 32.1. The molecule has 174 valence electrons. The van der Waals surface area contributed by atoms with Crippen LogP contribution in [0.3, 0.4) is 0 Å². The number of aromatic nitrogens is 2. The Morgan fingerprint density at radius 2 is 1.88 bits per heavy atom. The molecule has 1 aliphatic heterocycles. The second kappa shape index (κ2) is 10.7. The summed E-state index contributed by atoms with van der Waals surface area (Å²) in [4.78, 5) is 23.7. The van der Waals surface area contributed by atoms with Crippen molar-refractivity contribution in [2.75, 3.05) is 44.7 Å². The molecule has 1 fully saturated rings. The van der Waals surface area contributed by atoms with Crippen LogP contribution in [0.1, 0.15) is 15.9 Å². The summed E-state index contributed by atoms with van der Waals surface area (Å²) < 4.78 is 6.49. The summed E-state index contributed by atoms with van der Waals surface area (Å²) in [6, 6.07) is 18.0.